The van der Waals surface area contributed by atoms with E-state index < -0.39 is 6.10 Å². The molecule has 74 heavy (non-hydrogen) atoms. The van der Waals surface area contributed by atoms with Crippen molar-refractivity contribution in [1.29, 1.82) is 0 Å². The molecule has 422 valence electrons. The van der Waals surface area contributed by atoms with Gasteiger partial charge in [0.2, 0.25) is 0 Å². The van der Waals surface area contributed by atoms with Gasteiger partial charge in [0, 0.05) is 19.4 Å². The van der Waals surface area contributed by atoms with Gasteiger partial charge in [-0.2, -0.15) is 0 Å². The van der Waals surface area contributed by atoms with E-state index in [-0.39, 0.29) is 25.2 Å². The van der Waals surface area contributed by atoms with Crippen molar-refractivity contribution in [2.24, 2.45) is 0 Å². The second kappa shape index (κ2) is 63.6. The van der Waals surface area contributed by atoms with E-state index >= 15 is 0 Å². The zero-order valence-corrected chi connectivity index (χ0v) is 48.6. The quantitative estimate of drug-likeness (QED) is 0.0345. The lowest BCUT2D eigenvalue weighted by atomic mass is 10.1. The van der Waals surface area contributed by atoms with E-state index in [1.807, 2.05) is 0 Å². The number of carbonyl (C=O) groups is 2. The fourth-order valence-electron chi connectivity index (χ4n) is 8.35. The summed E-state index contributed by atoms with van der Waals surface area (Å²) in [6, 6.07) is 0. The van der Waals surface area contributed by atoms with Gasteiger partial charge in [0.05, 0.1) is 6.61 Å². The number of hydrogen-bond donors (Lipinski definition) is 0. The largest absolute Gasteiger partial charge is 0.462 e. The van der Waals surface area contributed by atoms with Crippen LogP contribution in [0.3, 0.4) is 0 Å². The maximum atomic E-state index is 12.9. The van der Waals surface area contributed by atoms with Gasteiger partial charge in [-0.3, -0.25) is 9.59 Å². The molecular weight excluding hydrogens is 909 g/mol. The Morgan fingerprint density at radius 2 is 0.608 bits per heavy atom. The number of hydrogen-bond acceptors (Lipinski definition) is 5. The van der Waals surface area contributed by atoms with Crippen molar-refractivity contribution in [3.63, 3.8) is 0 Å². The third-order valence-corrected chi connectivity index (χ3v) is 13.0. The minimum atomic E-state index is -0.583. The molecule has 0 aromatic carbocycles. The predicted molar refractivity (Wildman–Crippen MR) is 325 cm³/mol. The Morgan fingerprint density at radius 3 is 1.01 bits per heavy atom. The molecule has 0 aliphatic heterocycles. The van der Waals surface area contributed by atoms with Crippen molar-refractivity contribution in [2.75, 3.05) is 19.8 Å². The van der Waals surface area contributed by atoms with Gasteiger partial charge in [-0.1, -0.05) is 258 Å². The van der Waals surface area contributed by atoms with Crippen molar-refractivity contribution in [2.45, 2.75) is 284 Å². The first-order valence-corrected chi connectivity index (χ1v) is 31.1. The molecule has 0 rings (SSSR count). The van der Waals surface area contributed by atoms with E-state index in [1.54, 1.807) is 0 Å². The minimum absolute atomic E-state index is 0.0483. The summed E-state index contributed by atoms with van der Waals surface area (Å²) in [6.07, 6.45) is 89.5. The first-order chi connectivity index (χ1) is 36.6. The lowest BCUT2D eigenvalue weighted by molar-refractivity contribution is -0.163. The van der Waals surface area contributed by atoms with Gasteiger partial charge in [0.15, 0.2) is 6.10 Å². The summed E-state index contributed by atoms with van der Waals surface area (Å²) in [5.74, 6) is -0.445. The molecule has 0 saturated carbocycles. The maximum absolute atomic E-state index is 12.9. The lowest BCUT2D eigenvalue weighted by Gasteiger charge is -2.18. The lowest BCUT2D eigenvalue weighted by Crippen LogP contribution is -2.30. The molecule has 0 aromatic heterocycles. The van der Waals surface area contributed by atoms with Gasteiger partial charge < -0.3 is 14.2 Å². The average Bonchev–Trinajstić information content (AvgIpc) is 3.40. The molecule has 0 bridgehead atoms. The summed E-state index contributed by atoms with van der Waals surface area (Å²) in [5.41, 5.74) is 0. The van der Waals surface area contributed by atoms with Gasteiger partial charge in [-0.05, 0) is 128 Å². The molecule has 0 aliphatic rings. The standard InChI is InChI=1S/C69H116O5/c1-4-7-10-13-16-19-22-25-28-31-34-37-40-43-46-49-52-55-58-61-64-72-65-67(74-69(71)63-60-57-54-51-48-45-42-39-36-33-30-27-24-21-18-15-12-9-6-3)66-73-68(70)62-59-56-53-50-47-44-41-38-35-32-29-26-23-20-17-14-11-8-5-2/h7,10,16-17,19-20,25-30,34-35,37-38,43,46,52,55,67H,4-6,8-9,11-15,18,21-24,31-33,36,39-42,44-45,47-51,53-54,56-66H2,1-3H3/b10-7-,19-16-,20-17-,28-25-,29-26-,30-27-,37-34-,38-35-,46-43-,55-52-. The summed E-state index contributed by atoms with van der Waals surface area (Å²) < 4.78 is 17.4. The fourth-order valence-corrected chi connectivity index (χ4v) is 8.35. The van der Waals surface area contributed by atoms with Crippen LogP contribution in [0.5, 0.6) is 0 Å². The number of allylic oxidation sites excluding steroid dienone is 20. The van der Waals surface area contributed by atoms with Gasteiger partial charge in [0.25, 0.3) is 0 Å². The highest BCUT2D eigenvalue weighted by Gasteiger charge is 2.17. The van der Waals surface area contributed by atoms with E-state index in [0.717, 1.165) is 109 Å². The number of unbranched alkanes of at least 4 members (excludes halogenated alkanes) is 25. The third kappa shape index (κ3) is 60.9. The van der Waals surface area contributed by atoms with E-state index in [9.17, 15) is 9.59 Å². The molecule has 0 aromatic rings. The molecule has 0 amide bonds. The van der Waals surface area contributed by atoms with Crippen LogP contribution in [-0.2, 0) is 23.8 Å². The van der Waals surface area contributed by atoms with E-state index in [1.165, 1.54) is 135 Å². The molecule has 0 radical (unpaired) electrons. The summed E-state index contributed by atoms with van der Waals surface area (Å²) in [4.78, 5) is 25.6. The van der Waals surface area contributed by atoms with Crippen LogP contribution < -0.4 is 0 Å². The highest BCUT2D eigenvalue weighted by atomic mass is 16.6. The van der Waals surface area contributed by atoms with Crippen molar-refractivity contribution < 1.29 is 23.8 Å². The van der Waals surface area contributed by atoms with Crippen LogP contribution in [-0.4, -0.2) is 37.9 Å². The predicted octanol–water partition coefficient (Wildman–Crippen LogP) is 21.7. The van der Waals surface area contributed by atoms with Crippen LogP contribution in [0.25, 0.3) is 0 Å². The zero-order valence-electron chi connectivity index (χ0n) is 48.6. The molecule has 0 heterocycles. The van der Waals surface area contributed by atoms with Crippen LogP contribution in [0.15, 0.2) is 122 Å². The third-order valence-electron chi connectivity index (χ3n) is 13.0. The molecule has 5 nitrogen and oxygen atoms in total. The highest BCUT2D eigenvalue weighted by molar-refractivity contribution is 5.70. The molecule has 1 atom stereocenters. The normalized spacial score (nSPS) is 13.1. The average molecular weight is 1030 g/mol. The second-order valence-corrected chi connectivity index (χ2v) is 20.2. The highest BCUT2D eigenvalue weighted by Crippen LogP contribution is 2.15. The first-order valence-electron chi connectivity index (χ1n) is 31.1. The SMILES string of the molecule is CC/C=C\C/C=C\C/C=C\C/C=C\C/C=C\C/C=C\CCCOCC(COC(=O)CCCCCCCC/C=C\C/C=C\C/C=C\CCCCC)OC(=O)CCCCCCCCCCC/C=C\CCCCCCCC. The molecule has 0 fully saturated rings. The van der Waals surface area contributed by atoms with Crippen LogP contribution in [0.2, 0.25) is 0 Å². The Morgan fingerprint density at radius 1 is 0.311 bits per heavy atom. The van der Waals surface area contributed by atoms with Crippen molar-refractivity contribution in [1.82, 2.24) is 0 Å². The van der Waals surface area contributed by atoms with Crippen molar-refractivity contribution >= 4 is 11.9 Å². The Balaban J connectivity index is 4.43. The molecule has 0 spiro atoms. The number of carbonyl (C=O) groups excluding carboxylic acids is 2. The number of esters is 2. The minimum Gasteiger partial charge on any atom is -0.462 e. The maximum Gasteiger partial charge on any atom is 0.306 e. The molecular formula is C69H116O5. The molecule has 0 aliphatic carbocycles. The monoisotopic (exact) mass is 1020 g/mol. The Hall–Kier alpha value is -3.70. The van der Waals surface area contributed by atoms with Gasteiger partial charge >= 0.3 is 11.9 Å². The molecule has 0 N–H and O–H groups in total. The molecule has 0 saturated heterocycles. The summed E-state index contributed by atoms with van der Waals surface area (Å²) in [6.45, 7) is 7.54. The van der Waals surface area contributed by atoms with Crippen LogP contribution in [0.4, 0.5) is 0 Å². The van der Waals surface area contributed by atoms with Crippen molar-refractivity contribution in [3.05, 3.63) is 122 Å². The Kier molecular flexibility index (Phi) is 60.4. The molecule has 5 heteroatoms. The number of ether oxygens (including phenoxy) is 3. The summed E-state index contributed by atoms with van der Waals surface area (Å²) in [5, 5.41) is 0. The van der Waals surface area contributed by atoms with Gasteiger partial charge in [-0.15, -0.1) is 0 Å². The number of rotatable bonds is 56. The smallest absolute Gasteiger partial charge is 0.306 e. The summed E-state index contributed by atoms with van der Waals surface area (Å²) >= 11 is 0. The molecule has 1 unspecified atom stereocenters. The van der Waals surface area contributed by atoms with E-state index in [0.29, 0.717) is 19.4 Å². The topological polar surface area (TPSA) is 61.8 Å². The summed E-state index contributed by atoms with van der Waals surface area (Å²) in [7, 11) is 0. The van der Waals surface area contributed by atoms with E-state index in [2.05, 4.69) is 142 Å². The van der Waals surface area contributed by atoms with Gasteiger partial charge in [0.1, 0.15) is 6.61 Å². The zero-order chi connectivity index (χ0) is 53.4. The van der Waals surface area contributed by atoms with Crippen molar-refractivity contribution in [3.8, 4) is 0 Å². The van der Waals surface area contributed by atoms with E-state index in [4.69, 9.17) is 14.2 Å². The first kappa shape index (κ1) is 70.3. The van der Waals surface area contributed by atoms with Crippen LogP contribution >= 0.6 is 0 Å². The van der Waals surface area contributed by atoms with Crippen LogP contribution in [0.1, 0.15) is 278 Å². The Bertz CT molecular complexity index is 1490. The van der Waals surface area contributed by atoms with Crippen LogP contribution in [0, 0.1) is 0 Å². The second-order valence-electron chi connectivity index (χ2n) is 20.2. The fraction of sp³-hybridized carbons (Fsp3) is 0.681. The van der Waals surface area contributed by atoms with Gasteiger partial charge in [-0.25, -0.2) is 0 Å². The Labute approximate surface area is 458 Å².